The molecular formula is C8H10FNOS. The maximum absolute atomic E-state index is 12.1. The first kappa shape index (κ1) is 9.35. The minimum atomic E-state index is -0.0247. The second-order valence-corrected chi connectivity index (χ2v) is 3.01. The van der Waals surface area contributed by atoms with E-state index in [0.29, 0.717) is 13.0 Å². The van der Waals surface area contributed by atoms with Crippen molar-refractivity contribution in [2.24, 2.45) is 5.73 Å². The van der Waals surface area contributed by atoms with Gasteiger partial charge >= 0.3 is 0 Å². The van der Waals surface area contributed by atoms with E-state index in [0.717, 1.165) is 5.56 Å². The maximum Gasteiger partial charge on any atom is 0.131 e. The lowest BCUT2D eigenvalue weighted by Gasteiger charge is -2.01. The van der Waals surface area contributed by atoms with Crippen LogP contribution >= 0.6 is 12.1 Å². The van der Waals surface area contributed by atoms with E-state index in [9.17, 15) is 3.89 Å². The summed E-state index contributed by atoms with van der Waals surface area (Å²) in [5.74, 6) is -0.0247. The molecule has 12 heavy (non-hydrogen) atoms. The van der Waals surface area contributed by atoms with Gasteiger partial charge in [0.15, 0.2) is 0 Å². The number of phenols is 1. The molecule has 2 nitrogen and oxygen atoms in total. The van der Waals surface area contributed by atoms with Crippen LogP contribution in [-0.2, 0) is 6.42 Å². The molecule has 0 fully saturated rings. The van der Waals surface area contributed by atoms with E-state index in [-0.39, 0.29) is 22.8 Å². The number of aromatic hydroxyl groups is 1. The van der Waals surface area contributed by atoms with Gasteiger partial charge in [-0.3, -0.25) is 0 Å². The number of phenolic OH excluding ortho intramolecular Hbond substituents is 1. The van der Waals surface area contributed by atoms with Crippen LogP contribution in [0.5, 0.6) is 5.75 Å². The summed E-state index contributed by atoms with van der Waals surface area (Å²) in [5.41, 5.74) is 6.27. The fraction of sp³-hybridized carbons (Fsp3) is 0.250. The standard InChI is InChI=1S/C8H10FNOS/c9-12-8-5-6(3-4-10)1-2-7(8)11/h1-2,5,11H,3-4,10H2. The van der Waals surface area contributed by atoms with Crippen molar-refractivity contribution in [2.75, 3.05) is 6.54 Å². The number of hydrogen-bond acceptors (Lipinski definition) is 3. The van der Waals surface area contributed by atoms with Gasteiger partial charge in [-0.1, -0.05) is 6.07 Å². The highest BCUT2D eigenvalue weighted by atomic mass is 32.2. The summed E-state index contributed by atoms with van der Waals surface area (Å²) < 4.78 is 12.1. The van der Waals surface area contributed by atoms with E-state index in [2.05, 4.69) is 0 Å². The van der Waals surface area contributed by atoms with Crippen molar-refractivity contribution in [3.63, 3.8) is 0 Å². The zero-order valence-corrected chi connectivity index (χ0v) is 7.27. The SMILES string of the molecule is NCCc1ccc(O)c(SF)c1. The molecule has 3 N–H and O–H groups in total. The van der Waals surface area contributed by atoms with Gasteiger partial charge in [-0.2, -0.15) is 3.89 Å². The molecule has 1 aromatic rings. The van der Waals surface area contributed by atoms with E-state index in [1.54, 1.807) is 12.1 Å². The molecule has 0 heterocycles. The third kappa shape index (κ3) is 2.12. The van der Waals surface area contributed by atoms with Gasteiger partial charge in [-0.15, -0.1) is 0 Å². The Labute approximate surface area is 74.9 Å². The van der Waals surface area contributed by atoms with Crippen LogP contribution in [0.25, 0.3) is 0 Å². The average Bonchev–Trinajstić information content (AvgIpc) is 2.09. The third-order valence-corrected chi connectivity index (χ3v) is 2.03. The van der Waals surface area contributed by atoms with Gasteiger partial charge in [0, 0.05) is 0 Å². The Balaban J connectivity index is 2.89. The predicted molar refractivity (Wildman–Crippen MR) is 47.8 cm³/mol. The van der Waals surface area contributed by atoms with Gasteiger partial charge in [0.25, 0.3) is 0 Å². The monoisotopic (exact) mass is 187 g/mol. The Kier molecular flexibility index (Phi) is 3.37. The van der Waals surface area contributed by atoms with Crippen molar-refractivity contribution < 1.29 is 8.99 Å². The Hall–Kier alpha value is -0.740. The summed E-state index contributed by atoms with van der Waals surface area (Å²) in [4.78, 5) is 0.251. The van der Waals surface area contributed by atoms with Gasteiger partial charge in [0.1, 0.15) is 5.75 Å². The smallest absolute Gasteiger partial charge is 0.131 e. The Bertz CT molecular complexity index is 267. The summed E-state index contributed by atoms with van der Waals surface area (Å²) in [6, 6.07) is 4.82. The average molecular weight is 187 g/mol. The van der Waals surface area contributed by atoms with Gasteiger partial charge in [0.2, 0.25) is 0 Å². The van der Waals surface area contributed by atoms with E-state index in [4.69, 9.17) is 10.8 Å². The van der Waals surface area contributed by atoms with Crippen molar-refractivity contribution in [2.45, 2.75) is 11.3 Å². The molecule has 0 aliphatic carbocycles. The highest BCUT2D eigenvalue weighted by Crippen LogP contribution is 2.29. The Morgan fingerprint density at radius 1 is 1.50 bits per heavy atom. The van der Waals surface area contributed by atoms with Crippen molar-refractivity contribution in [3.8, 4) is 5.75 Å². The number of benzene rings is 1. The highest BCUT2D eigenvalue weighted by Gasteiger charge is 2.02. The fourth-order valence-electron chi connectivity index (χ4n) is 0.943. The molecule has 66 valence electrons. The molecule has 0 bridgehead atoms. The lowest BCUT2D eigenvalue weighted by Crippen LogP contribution is -2.02. The molecule has 0 spiro atoms. The molecule has 0 aromatic heterocycles. The predicted octanol–water partition coefficient (Wildman–Crippen LogP) is 1.87. The normalized spacial score (nSPS) is 10.2. The Morgan fingerprint density at radius 2 is 2.25 bits per heavy atom. The van der Waals surface area contributed by atoms with Crippen LogP contribution in [0.2, 0.25) is 0 Å². The topological polar surface area (TPSA) is 46.2 Å². The summed E-state index contributed by atoms with van der Waals surface area (Å²) in [6.07, 6.45) is 0.702. The van der Waals surface area contributed by atoms with Crippen molar-refractivity contribution in [3.05, 3.63) is 23.8 Å². The lowest BCUT2D eigenvalue weighted by molar-refractivity contribution is 0.461. The zero-order valence-electron chi connectivity index (χ0n) is 6.46. The van der Waals surface area contributed by atoms with E-state index in [1.165, 1.54) is 6.07 Å². The van der Waals surface area contributed by atoms with Gasteiger partial charge in [0.05, 0.1) is 17.0 Å². The quantitative estimate of drug-likeness (QED) is 0.759. The third-order valence-electron chi connectivity index (χ3n) is 1.54. The molecule has 0 atom stereocenters. The number of nitrogens with two attached hydrogens (primary N) is 1. The second-order valence-electron chi connectivity index (χ2n) is 2.42. The molecule has 1 aromatic carbocycles. The molecule has 0 aliphatic rings. The largest absolute Gasteiger partial charge is 0.507 e. The summed E-state index contributed by atoms with van der Waals surface area (Å²) in [7, 11) is 0. The number of halogens is 1. The Morgan fingerprint density at radius 3 is 2.83 bits per heavy atom. The number of rotatable bonds is 3. The first-order valence-electron chi connectivity index (χ1n) is 3.58. The first-order chi connectivity index (χ1) is 5.77. The van der Waals surface area contributed by atoms with Crippen LogP contribution in [0.15, 0.2) is 23.1 Å². The molecular weight excluding hydrogens is 177 g/mol. The van der Waals surface area contributed by atoms with Crippen LogP contribution < -0.4 is 5.73 Å². The van der Waals surface area contributed by atoms with E-state index < -0.39 is 0 Å². The van der Waals surface area contributed by atoms with Gasteiger partial charge in [-0.05, 0) is 30.7 Å². The summed E-state index contributed by atoms with van der Waals surface area (Å²) >= 11 is 0.0446. The lowest BCUT2D eigenvalue weighted by atomic mass is 10.1. The molecule has 4 heteroatoms. The molecule has 0 saturated carbocycles. The van der Waals surface area contributed by atoms with Crippen molar-refractivity contribution >= 4 is 12.1 Å². The minimum absolute atomic E-state index is 0.0247. The molecule has 0 unspecified atom stereocenters. The van der Waals surface area contributed by atoms with Crippen molar-refractivity contribution in [1.82, 2.24) is 0 Å². The fourth-order valence-corrected chi connectivity index (χ4v) is 1.29. The summed E-state index contributed by atoms with van der Waals surface area (Å²) in [5, 5.41) is 9.11. The molecule has 1 rings (SSSR count). The molecule has 0 radical (unpaired) electrons. The molecule has 0 saturated heterocycles. The summed E-state index contributed by atoms with van der Waals surface area (Å²) in [6.45, 7) is 0.529. The van der Waals surface area contributed by atoms with Crippen LogP contribution in [-0.4, -0.2) is 11.7 Å². The van der Waals surface area contributed by atoms with Crippen LogP contribution in [0.3, 0.4) is 0 Å². The molecule has 0 amide bonds. The number of hydrogen-bond donors (Lipinski definition) is 2. The van der Waals surface area contributed by atoms with Crippen LogP contribution in [0.1, 0.15) is 5.56 Å². The van der Waals surface area contributed by atoms with E-state index in [1.807, 2.05) is 0 Å². The zero-order chi connectivity index (χ0) is 8.97. The highest BCUT2D eigenvalue weighted by molar-refractivity contribution is 7.94. The second kappa shape index (κ2) is 4.33. The van der Waals surface area contributed by atoms with Crippen LogP contribution in [0, 0.1) is 0 Å². The maximum atomic E-state index is 12.1. The van der Waals surface area contributed by atoms with Gasteiger partial charge < -0.3 is 10.8 Å². The van der Waals surface area contributed by atoms with Crippen molar-refractivity contribution in [1.29, 1.82) is 0 Å². The van der Waals surface area contributed by atoms with Crippen LogP contribution in [0.4, 0.5) is 3.89 Å². The van der Waals surface area contributed by atoms with Gasteiger partial charge in [-0.25, -0.2) is 0 Å². The molecule has 0 aliphatic heterocycles. The minimum Gasteiger partial charge on any atom is -0.507 e. The first-order valence-corrected chi connectivity index (χ1v) is 4.30. The van der Waals surface area contributed by atoms with E-state index >= 15 is 0 Å².